The molecule has 0 bridgehead atoms. The van der Waals surface area contributed by atoms with Gasteiger partial charge >= 0.3 is 17.9 Å². The van der Waals surface area contributed by atoms with Crippen molar-refractivity contribution in [3.8, 4) is 0 Å². The van der Waals surface area contributed by atoms with Gasteiger partial charge in [0.15, 0.2) is 6.10 Å². The molecule has 1 unspecified atom stereocenters. The predicted molar refractivity (Wildman–Crippen MR) is 325 cm³/mol. The summed E-state index contributed by atoms with van der Waals surface area (Å²) in [7, 11) is 0. The molecule has 0 amide bonds. The van der Waals surface area contributed by atoms with Crippen LogP contribution in [0.15, 0.2) is 97.2 Å². The fraction of sp³-hybridized carbons (Fsp3) is 0.725. The van der Waals surface area contributed by atoms with Crippen LogP contribution in [0.4, 0.5) is 0 Å². The Morgan fingerprint density at radius 1 is 0.280 bits per heavy atom. The van der Waals surface area contributed by atoms with E-state index in [1.165, 1.54) is 141 Å². The Bertz CT molecular complexity index is 1480. The first-order chi connectivity index (χ1) is 37.0. The van der Waals surface area contributed by atoms with Crippen LogP contribution in [0, 0.1) is 0 Å². The van der Waals surface area contributed by atoms with Crippen molar-refractivity contribution < 1.29 is 28.6 Å². The summed E-state index contributed by atoms with van der Waals surface area (Å²) in [5.74, 6) is -0.900. The maximum atomic E-state index is 12.9. The van der Waals surface area contributed by atoms with Crippen LogP contribution in [-0.4, -0.2) is 37.2 Å². The number of allylic oxidation sites excluding steroid dienone is 16. The lowest BCUT2D eigenvalue weighted by molar-refractivity contribution is -0.167. The summed E-state index contributed by atoms with van der Waals surface area (Å²) >= 11 is 0. The number of unbranched alkanes of at least 4 members (excludes halogenated alkanes) is 30. The molecule has 1 atom stereocenters. The van der Waals surface area contributed by atoms with E-state index in [2.05, 4.69) is 118 Å². The third-order valence-corrected chi connectivity index (χ3v) is 13.6. The molecule has 0 aromatic rings. The van der Waals surface area contributed by atoms with Crippen LogP contribution in [0.5, 0.6) is 0 Å². The lowest BCUT2D eigenvalue weighted by Crippen LogP contribution is -2.30. The highest BCUT2D eigenvalue weighted by Gasteiger charge is 2.19. The van der Waals surface area contributed by atoms with Crippen LogP contribution in [-0.2, 0) is 28.6 Å². The molecule has 0 heterocycles. The Morgan fingerprint density at radius 2 is 0.520 bits per heavy atom. The van der Waals surface area contributed by atoms with E-state index in [0.717, 1.165) is 122 Å². The average molecular weight is 1040 g/mol. The Labute approximate surface area is 464 Å². The van der Waals surface area contributed by atoms with E-state index in [1.54, 1.807) is 0 Å². The van der Waals surface area contributed by atoms with Gasteiger partial charge in [-0.05, 0) is 103 Å². The number of hydrogen-bond donors (Lipinski definition) is 0. The van der Waals surface area contributed by atoms with E-state index in [-0.39, 0.29) is 31.1 Å². The minimum absolute atomic E-state index is 0.0843. The van der Waals surface area contributed by atoms with Crippen molar-refractivity contribution in [2.75, 3.05) is 13.2 Å². The molecule has 0 spiro atoms. The van der Waals surface area contributed by atoms with Crippen molar-refractivity contribution in [1.82, 2.24) is 0 Å². The molecule has 0 saturated carbocycles. The topological polar surface area (TPSA) is 78.9 Å². The quantitative estimate of drug-likeness (QED) is 0.0261. The number of carbonyl (C=O) groups excluding carboxylic acids is 3. The maximum absolute atomic E-state index is 12.9. The highest BCUT2D eigenvalue weighted by Crippen LogP contribution is 2.16. The highest BCUT2D eigenvalue weighted by molar-refractivity contribution is 5.71. The van der Waals surface area contributed by atoms with Gasteiger partial charge in [-0.25, -0.2) is 0 Å². The SMILES string of the molecule is CC/C=C\C/C=C\C/C=C\C/C=C\C/C=C\CCCCCCCC(=O)OC(COC(=O)CCCCCCCCCCC)COC(=O)CCCCCCCCCCCCCC/C=C\C/C=C\C/C=C\CCCCCCC. The summed E-state index contributed by atoms with van der Waals surface area (Å²) < 4.78 is 16.9. The van der Waals surface area contributed by atoms with Crippen molar-refractivity contribution in [1.29, 1.82) is 0 Å². The summed E-state index contributed by atoms with van der Waals surface area (Å²) in [6, 6.07) is 0. The monoisotopic (exact) mass is 1040 g/mol. The van der Waals surface area contributed by atoms with Crippen LogP contribution in [0.3, 0.4) is 0 Å². The van der Waals surface area contributed by atoms with Gasteiger partial charge in [-0.2, -0.15) is 0 Å². The Morgan fingerprint density at radius 3 is 0.813 bits per heavy atom. The van der Waals surface area contributed by atoms with Gasteiger partial charge in [0, 0.05) is 19.3 Å². The molecule has 430 valence electrons. The van der Waals surface area contributed by atoms with Crippen LogP contribution in [0.25, 0.3) is 0 Å². The van der Waals surface area contributed by atoms with E-state index >= 15 is 0 Å². The van der Waals surface area contributed by atoms with Crippen molar-refractivity contribution in [3.05, 3.63) is 97.2 Å². The van der Waals surface area contributed by atoms with Gasteiger partial charge in [-0.3, -0.25) is 14.4 Å². The number of ether oxygens (including phenoxy) is 3. The van der Waals surface area contributed by atoms with Crippen LogP contribution in [0.1, 0.15) is 303 Å². The molecule has 0 aromatic heterocycles. The molecule has 0 rings (SSSR count). The third-order valence-electron chi connectivity index (χ3n) is 13.6. The molecule has 0 aliphatic rings. The highest BCUT2D eigenvalue weighted by atomic mass is 16.6. The molecular weight excluding hydrogens is 925 g/mol. The summed E-state index contributed by atoms with van der Waals surface area (Å²) in [5, 5.41) is 0. The van der Waals surface area contributed by atoms with Gasteiger partial charge in [-0.1, -0.05) is 279 Å². The van der Waals surface area contributed by atoms with E-state index in [1.807, 2.05) is 0 Å². The molecule has 6 heteroatoms. The minimum Gasteiger partial charge on any atom is -0.462 e. The number of esters is 3. The van der Waals surface area contributed by atoms with Gasteiger partial charge in [0.2, 0.25) is 0 Å². The molecule has 0 aliphatic heterocycles. The first kappa shape index (κ1) is 71.3. The molecule has 0 N–H and O–H groups in total. The summed E-state index contributed by atoms with van der Waals surface area (Å²) in [5.41, 5.74) is 0. The van der Waals surface area contributed by atoms with Crippen molar-refractivity contribution in [2.24, 2.45) is 0 Å². The van der Waals surface area contributed by atoms with E-state index in [4.69, 9.17) is 14.2 Å². The largest absolute Gasteiger partial charge is 0.462 e. The smallest absolute Gasteiger partial charge is 0.306 e. The predicted octanol–water partition coefficient (Wildman–Crippen LogP) is 21.7. The van der Waals surface area contributed by atoms with Gasteiger partial charge < -0.3 is 14.2 Å². The summed E-state index contributed by atoms with van der Waals surface area (Å²) in [4.78, 5) is 38.2. The molecule has 0 radical (unpaired) electrons. The number of rotatable bonds is 57. The Kier molecular flexibility index (Phi) is 59.8. The zero-order chi connectivity index (χ0) is 54.3. The second kappa shape index (κ2) is 62.9. The van der Waals surface area contributed by atoms with Gasteiger partial charge in [0.25, 0.3) is 0 Å². The fourth-order valence-corrected chi connectivity index (χ4v) is 8.83. The van der Waals surface area contributed by atoms with Gasteiger partial charge in [-0.15, -0.1) is 0 Å². The van der Waals surface area contributed by atoms with Crippen molar-refractivity contribution in [3.63, 3.8) is 0 Å². The second-order valence-electron chi connectivity index (χ2n) is 20.9. The zero-order valence-corrected chi connectivity index (χ0v) is 49.3. The van der Waals surface area contributed by atoms with E-state index in [9.17, 15) is 14.4 Å². The van der Waals surface area contributed by atoms with Gasteiger partial charge in [0.05, 0.1) is 0 Å². The second-order valence-corrected chi connectivity index (χ2v) is 20.9. The lowest BCUT2D eigenvalue weighted by Gasteiger charge is -2.18. The molecule has 0 saturated heterocycles. The Balaban J connectivity index is 4.24. The fourth-order valence-electron chi connectivity index (χ4n) is 8.83. The normalized spacial score (nSPS) is 12.7. The van der Waals surface area contributed by atoms with Crippen molar-refractivity contribution in [2.45, 2.75) is 309 Å². The van der Waals surface area contributed by atoms with Crippen LogP contribution < -0.4 is 0 Å². The summed E-state index contributed by atoms with van der Waals surface area (Å²) in [6.07, 6.45) is 84.2. The van der Waals surface area contributed by atoms with E-state index in [0.29, 0.717) is 19.3 Å². The molecule has 0 aromatic carbocycles. The van der Waals surface area contributed by atoms with Crippen molar-refractivity contribution >= 4 is 17.9 Å². The average Bonchev–Trinajstić information content (AvgIpc) is 3.41. The summed E-state index contributed by atoms with van der Waals surface area (Å²) in [6.45, 7) is 6.50. The number of hydrogen-bond acceptors (Lipinski definition) is 6. The lowest BCUT2D eigenvalue weighted by atomic mass is 10.0. The van der Waals surface area contributed by atoms with E-state index < -0.39 is 6.10 Å². The minimum atomic E-state index is -0.788. The van der Waals surface area contributed by atoms with Crippen LogP contribution in [0.2, 0.25) is 0 Å². The standard InChI is InChI=1S/C69H118O6/c1-4-7-10-13-16-19-21-23-25-27-29-31-32-33-34-35-36-38-39-41-43-45-47-50-53-56-59-62-68(71)74-65-66(64-73-67(70)61-58-55-52-49-18-15-12-9-6-3)75-69(72)63-60-57-54-51-48-46-44-42-40-37-30-28-26-24-22-20-17-14-11-8-5-2/h8,11,17,20-21,23-24,26-27,29-30,32-33,37,42,44,66H,4-7,9-10,12-16,18-19,22,25,28,31,34-36,38-41,43,45-65H2,1-3H3/b11-8-,20-17-,23-21-,26-24-,29-27-,33-32-,37-30-,44-42-. The molecular formula is C69H118O6. The Hall–Kier alpha value is -3.67. The molecule has 75 heavy (non-hydrogen) atoms. The number of carbonyl (C=O) groups is 3. The zero-order valence-electron chi connectivity index (χ0n) is 49.3. The first-order valence-corrected chi connectivity index (χ1v) is 31.7. The maximum Gasteiger partial charge on any atom is 0.306 e. The third kappa shape index (κ3) is 61.1. The first-order valence-electron chi connectivity index (χ1n) is 31.7. The molecule has 0 aliphatic carbocycles. The van der Waals surface area contributed by atoms with Crippen LogP contribution >= 0.6 is 0 Å². The van der Waals surface area contributed by atoms with Gasteiger partial charge in [0.1, 0.15) is 13.2 Å². The molecule has 6 nitrogen and oxygen atoms in total. The molecule has 0 fully saturated rings.